The summed E-state index contributed by atoms with van der Waals surface area (Å²) >= 11 is 0. The summed E-state index contributed by atoms with van der Waals surface area (Å²) < 4.78 is 36.6. The van der Waals surface area contributed by atoms with E-state index in [1.54, 1.807) is 12.3 Å². The molecule has 0 unspecified atom stereocenters. The molecule has 0 fully saturated rings. The minimum atomic E-state index is -4.74. The van der Waals surface area contributed by atoms with Crippen molar-refractivity contribution in [2.75, 3.05) is 11.1 Å². The van der Waals surface area contributed by atoms with E-state index in [-0.39, 0.29) is 11.8 Å². The van der Waals surface area contributed by atoms with Gasteiger partial charge < -0.3 is 21.8 Å². The van der Waals surface area contributed by atoms with Gasteiger partial charge in [-0.15, -0.1) is 13.2 Å². The first-order valence-electron chi connectivity index (χ1n) is 5.23. The molecule has 8 nitrogen and oxygen atoms in total. The number of hydrazine groups is 1. The van der Waals surface area contributed by atoms with E-state index in [4.69, 9.17) is 17.3 Å². The Balaban J connectivity index is 2.21. The summed E-state index contributed by atoms with van der Waals surface area (Å²) in [7, 11) is 0. The second kappa shape index (κ2) is 4.77. The summed E-state index contributed by atoms with van der Waals surface area (Å²) in [6.07, 6.45) is -2.68. The summed E-state index contributed by atoms with van der Waals surface area (Å²) in [6, 6.07) is 1.67. The number of rotatable bonds is 3. The Morgan fingerprint density at radius 2 is 2.10 bits per heavy atom. The number of anilines is 2. The van der Waals surface area contributed by atoms with Crippen LogP contribution in [0.25, 0.3) is 11.0 Å². The highest BCUT2D eigenvalue weighted by molar-refractivity contribution is 5.86. The second-order valence-electron chi connectivity index (χ2n) is 3.76. The number of nitrogens with two attached hydrogens (primary N) is 3. The van der Waals surface area contributed by atoms with Crippen molar-refractivity contribution in [3.63, 3.8) is 0 Å². The standard InChI is InChI=1S/C9H11F3N8/c10-9(11,12)20(15)3-5(13)17-8-18-6(14)4-1-2-16-7(4)19-8/h1-3H,13,15H2,(H4,14,16,17,18,19)/b5-3+. The van der Waals surface area contributed by atoms with Crippen LogP contribution in [0, 0.1) is 0 Å². The SMILES string of the molecule is N/C(=C\N(N)C(F)(F)F)Nc1nc(N)c2cc[nH]c2n1. The highest BCUT2D eigenvalue weighted by atomic mass is 19.4. The van der Waals surface area contributed by atoms with Gasteiger partial charge in [0.15, 0.2) is 0 Å². The summed E-state index contributed by atoms with van der Waals surface area (Å²) in [5.74, 6) is 4.46. The molecule has 2 rings (SSSR count). The Bertz CT molecular complexity index is 646. The van der Waals surface area contributed by atoms with Crippen molar-refractivity contribution in [1.29, 1.82) is 0 Å². The third kappa shape index (κ3) is 2.83. The Morgan fingerprint density at radius 1 is 1.40 bits per heavy atom. The van der Waals surface area contributed by atoms with Crippen molar-refractivity contribution < 1.29 is 13.2 Å². The van der Waals surface area contributed by atoms with Crippen molar-refractivity contribution in [2.24, 2.45) is 11.6 Å². The van der Waals surface area contributed by atoms with Crippen LogP contribution in [0.3, 0.4) is 0 Å². The fourth-order valence-corrected chi connectivity index (χ4v) is 1.41. The third-order valence-corrected chi connectivity index (χ3v) is 2.27. The molecule has 2 aromatic rings. The molecule has 0 aromatic carbocycles. The summed E-state index contributed by atoms with van der Waals surface area (Å²) in [5.41, 5.74) is 11.5. The van der Waals surface area contributed by atoms with Crippen molar-refractivity contribution in [3.05, 3.63) is 24.3 Å². The second-order valence-corrected chi connectivity index (χ2v) is 3.76. The first kappa shape index (κ1) is 13.7. The lowest BCUT2D eigenvalue weighted by atomic mass is 10.4. The van der Waals surface area contributed by atoms with Crippen LogP contribution in [0.4, 0.5) is 24.9 Å². The molecule has 0 aliphatic heterocycles. The van der Waals surface area contributed by atoms with Crippen molar-refractivity contribution in [3.8, 4) is 0 Å². The molecule has 8 N–H and O–H groups in total. The van der Waals surface area contributed by atoms with Gasteiger partial charge in [0, 0.05) is 6.20 Å². The van der Waals surface area contributed by atoms with Gasteiger partial charge >= 0.3 is 6.30 Å². The van der Waals surface area contributed by atoms with E-state index in [1.807, 2.05) is 0 Å². The molecule has 0 saturated heterocycles. The van der Waals surface area contributed by atoms with E-state index in [9.17, 15) is 13.2 Å². The highest BCUT2D eigenvalue weighted by Crippen LogP contribution is 2.19. The zero-order valence-electron chi connectivity index (χ0n) is 9.94. The molecule has 2 heterocycles. The first-order chi connectivity index (χ1) is 9.27. The van der Waals surface area contributed by atoms with E-state index in [0.29, 0.717) is 17.2 Å². The van der Waals surface area contributed by atoms with Gasteiger partial charge in [-0.3, -0.25) is 0 Å². The molecule has 0 saturated carbocycles. The molecule has 0 aliphatic rings. The van der Waals surface area contributed by atoms with Gasteiger partial charge in [0.25, 0.3) is 0 Å². The fraction of sp³-hybridized carbons (Fsp3) is 0.111. The molecule has 0 atom stereocenters. The van der Waals surface area contributed by atoms with E-state index in [0.717, 1.165) is 0 Å². The largest absolute Gasteiger partial charge is 0.498 e. The normalized spacial score (nSPS) is 12.7. The molecule has 0 aliphatic carbocycles. The highest BCUT2D eigenvalue weighted by Gasteiger charge is 2.33. The van der Waals surface area contributed by atoms with Gasteiger partial charge in [0.1, 0.15) is 17.3 Å². The number of aromatic nitrogens is 3. The zero-order chi connectivity index (χ0) is 14.9. The Labute approximate surface area is 110 Å². The van der Waals surface area contributed by atoms with Gasteiger partial charge in [-0.2, -0.15) is 9.97 Å². The van der Waals surface area contributed by atoms with E-state index in [2.05, 4.69) is 20.3 Å². The number of hydrogen-bond acceptors (Lipinski definition) is 7. The van der Waals surface area contributed by atoms with E-state index < -0.39 is 17.1 Å². The van der Waals surface area contributed by atoms with Crippen LogP contribution < -0.4 is 22.6 Å². The van der Waals surface area contributed by atoms with Crippen molar-refractivity contribution >= 4 is 22.8 Å². The number of hydrogen-bond donors (Lipinski definition) is 5. The maximum atomic E-state index is 12.2. The smallest absolute Gasteiger partial charge is 0.384 e. The number of alkyl halides is 3. The number of aromatic amines is 1. The lowest BCUT2D eigenvalue weighted by Crippen LogP contribution is -2.40. The minimum absolute atomic E-state index is 0.0539. The summed E-state index contributed by atoms with van der Waals surface area (Å²) in [5, 5.41) is 2.46. The van der Waals surface area contributed by atoms with Crippen molar-refractivity contribution in [2.45, 2.75) is 6.30 Å². The van der Waals surface area contributed by atoms with Crippen LogP contribution in [0.5, 0.6) is 0 Å². The third-order valence-electron chi connectivity index (χ3n) is 2.27. The molecule has 11 heteroatoms. The number of nitrogens with zero attached hydrogens (tertiary/aromatic N) is 3. The molecule has 0 spiro atoms. The Hall–Kier alpha value is -2.69. The number of nitrogens with one attached hydrogen (secondary N) is 2. The van der Waals surface area contributed by atoms with Gasteiger partial charge in [0.2, 0.25) is 5.95 Å². The summed E-state index contributed by atoms with van der Waals surface area (Å²) in [6.45, 7) is 0. The predicted octanol–water partition coefficient (Wildman–Crippen LogP) is 0.405. The van der Waals surface area contributed by atoms with Crippen LogP contribution >= 0.6 is 0 Å². The maximum absolute atomic E-state index is 12.2. The topological polar surface area (TPSA) is 135 Å². The van der Waals surface area contributed by atoms with Crippen LogP contribution in [0.15, 0.2) is 24.3 Å². The maximum Gasteiger partial charge on any atom is 0.498 e. The first-order valence-corrected chi connectivity index (χ1v) is 5.23. The number of halogens is 3. The van der Waals surface area contributed by atoms with Gasteiger partial charge in [-0.25, -0.2) is 10.9 Å². The molecule has 0 radical (unpaired) electrons. The van der Waals surface area contributed by atoms with Crippen LogP contribution in [0.1, 0.15) is 0 Å². The molecule has 0 amide bonds. The molecular formula is C9H11F3N8. The number of nitrogen functional groups attached to an aromatic ring is 1. The predicted molar refractivity (Wildman–Crippen MR) is 66.3 cm³/mol. The minimum Gasteiger partial charge on any atom is -0.384 e. The van der Waals surface area contributed by atoms with Gasteiger partial charge in [-0.05, 0) is 6.07 Å². The van der Waals surface area contributed by atoms with Crippen LogP contribution in [0.2, 0.25) is 0 Å². The molecule has 2 aromatic heterocycles. The fourth-order valence-electron chi connectivity index (χ4n) is 1.41. The van der Waals surface area contributed by atoms with E-state index >= 15 is 0 Å². The quantitative estimate of drug-likeness (QED) is 0.313. The lowest BCUT2D eigenvalue weighted by molar-refractivity contribution is -0.229. The monoisotopic (exact) mass is 288 g/mol. The lowest BCUT2D eigenvalue weighted by Gasteiger charge is -2.17. The zero-order valence-corrected chi connectivity index (χ0v) is 9.94. The average Bonchev–Trinajstić information content (AvgIpc) is 2.75. The summed E-state index contributed by atoms with van der Waals surface area (Å²) in [4.78, 5) is 10.6. The van der Waals surface area contributed by atoms with Gasteiger partial charge in [0.05, 0.1) is 11.6 Å². The van der Waals surface area contributed by atoms with Crippen molar-refractivity contribution in [1.82, 2.24) is 20.0 Å². The number of H-pyrrole nitrogens is 1. The molecule has 108 valence electrons. The molecule has 0 bridgehead atoms. The molecule has 20 heavy (non-hydrogen) atoms. The van der Waals surface area contributed by atoms with Crippen LogP contribution in [-0.4, -0.2) is 26.3 Å². The Morgan fingerprint density at radius 3 is 2.75 bits per heavy atom. The molecular weight excluding hydrogens is 277 g/mol. The van der Waals surface area contributed by atoms with Gasteiger partial charge in [-0.1, -0.05) is 0 Å². The van der Waals surface area contributed by atoms with E-state index in [1.165, 1.54) is 0 Å². The van der Waals surface area contributed by atoms with Crippen LogP contribution in [-0.2, 0) is 0 Å². The average molecular weight is 288 g/mol. The Kier molecular flexibility index (Phi) is 3.28. The number of fused-ring (bicyclic) bond motifs is 1.